The van der Waals surface area contributed by atoms with E-state index in [1.54, 1.807) is 0 Å². The molecule has 0 spiro atoms. The number of nitrogens with zero attached hydrogens (tertiary/aromatic N) is 2. The number of benzene rings is 1. The minimum Gasteiger partial charge on any atom is -0.502 e. The van der Waals surface area contributed by atoms with Gasteiger partial charge in [0.2, 0.25) is 10.0 Å². The molecule has 2 rings (SSSR count). The third-order valence-corrected chi connectivity index (χ3v) is 5.00. The summed E-state index contributed by atoms with van der Waals surface area (Å²) in [5, 5.41) is 28.6. The number of nitro groups is 1. The third kappa shape index (κ3) is 2.95. The second-order valence-electron chi connectivity index (χ2n) is 4.69. The summed E-state index contributed by atoms with van der Waals surface area (Å²) in [5.41, 5.74) is -0.696. The Kier molecular flexibility index (Phi) is 3.83. The van der Waals surface area contributed by atoms with E-state index < -0.39 is 32.4 Å². The fourth-order valence-corrected chi connectivity index (χ4v) is 3.67. The number of carboxylic acid groups (broad SMARTS) is 1. The van der Waals surface area contributed by atoms with E-state index >= 15 is 0 Å². The normalized spacial score (nSPS) is 16.4. The van der Waals surface area contributed by atoms with Crippen molar-refractivity contribution in [3.63, 3.8) is 0 Å². The summed E-state index contributed by atoms with van der Waals surface area (Å²) < 4.78 is 25.5. The maximum Gasteiger partial charge on any atom is 0.312 e. The van der Waals surface area contributed by atoms with E-state index in [-0.39, 0.29) is 30.3 Å². The van der Waals surface area contributed by atoms with Gasteiger partial charge >= 0.3 is 11.7 Å². The van der Waals surface area contributed by atoms with E-state index in [0.717, 1.165) is 22.5 Å². The van der Waals surface area contributed by atoms with Gasteiger partial charge in [-0.05, 0) is 18.1 Å². The molecule has 0 aliphatic carbocycles. The Labute approximate surface area is 119 Å². The molecular formula is C11H12N2O7S. The minimum absolute atomic E-state index is 0.0588. The Morgan fingerprint density at radius 1 is 1.43 bits per heavy atom. The van der Waals surface area contributed by atoms with Crippen LogP contribution in [0.25, 0.3) is 0 Å². The molecule has 1 aromatic rings. The largest absolute Gasteiger partial charge is 0.502 e. The highest BCUT2D eigenvalue weighted by atomic mass is 32.2. The lowest BCUT2D eigenvalue weighted by atomic mass is 10.00. The maximum absolute atomic E-state index is 12.2. The number of phenolic OH excluding ortho intramolecular Hbond substituents is 1. The van der Waals surface area contributed by atoms with Crippen LogP contribution in [0, 0.1) is 16.0 Å². The highest BCUT2D eigenvalue weighted by Gasteiger charge is 2.38. The Balaban J connectivity index is 2.20. The van der Waals surface area contributed by atoms with Gasteiger partial charge in [-0.15, -0.1) is 0 Å². The fourth-order valence-electron chi connectivity index (χ4n) is 2.05. The molecule has 0 saturated carbocycles. The summed E-state index contributed by atoms with van der Waals surface area (Å²) in [5.74, 6) is -1.88. The quantitative estimate of drug-likeness (QED) is 0.592. The van der Waals surface area contributed by atoms with Crippen molar-refractivity contribution < 1.29 is 28.3 Å². The second-order valence-corrected chi connectivity index (χ2v) is 6.63. The number of carbonyl (C=O) groups is 1. The molecule has 0 amide bonds. The molecule has 1 aliphatic rings. The Morgan fingerprint density at radius 2 is 2.05 bits per heavy atom. The van der Waals surface area contributed by atoms with Crippen LogP contribution in [0.15, 0.2) is 23.1 Å². The molecule has 0 aromatic heterocycles. The van der Waals surface area contributed by atoms with E-state index in [4.69, 9.17) is 5.11 Å². The van der Waals surface area contributed by atoms with E-state index in [2.05, 4.69) is 0 Å². The first-order chi connectivity index (χ1) is 9.71. The van der Waals surface area contributed by atoms with Gasteiger partial charge in [0.25, 0.3) is 0 Å². The average molecular weight is 316 g/mol. The molecule has 1 fully saturated rings. The van der Waals surface area contributed by atoms with Crippen molar-refractivity contribution in [2.45, 2.75) is 11.3 Å². The predicted octanol–water partition coefficient (Wildman–Crippen LogP) is 0.396. The van der Waals surface area contributed by atoms with Gasteiger partial charge in [0.05, 0.1) is 16.2 Å². The first-order valence-electron chi connectivity index (χ1n) is 5.91. The second kappa shape index (κ2) is 5.30. The SMILES string of the molecule is O=C(O)CC1CN(S(=O)(=O)c2ccc(O)c([N+](=O)[O-])c2)C1. The standard InChI is InChI=1S/C11H12N2O7S/c14-10-2-1-8(4-9(10)13(17)18)21(19,20)12-5-7(6-12)3-11(15)16/h1-2,4,7,14H,3,5-6H2,(H,15,16). The molecule has 2 N–H and O–H groups in total. The number of carboxylic acids is 1. The molecule has 0 bridgehead atoms. The zero-order valence-corrected chi connectivity index (χ0v) is 11.5. The van der Waals surface area contributed by atoms with Gasteiger partial charge in [0.15, 0.2) is 5.75 Å². The molecule has 10 heteroatoms. The van der Waals surface area contributed by atoms with Crippen molar-refractivity contribution in [1.82, 2.24) is 4.31 Å². The van der Waals surface area contributed by atoms with Gasteiger partial charge < -0.3 is 10.2 Å². The van der Waals surface area contributed by atoms with E-state index in [9.17, 15) is 28.4 Å². The van der Waals surface area contributed by atoms with Crippen molar-refractivity contribution in [3.05, 3.63) is 28.3 Å². The summed E-state index contributed by atoms with van der Waals surface area (Å²) in [4.78, 5) is 20.0. The number of rotatable bonds is 5. The molecule has 21 heavy (non-hydrogen) atoms. The molecule has 9 nitrogen and oxygen atoms in total. The van der Waals surface area contributed by atoms with Crippen LogP contribution in [0.1, 0.15) is 6.42 Å². The molecule has 1 heterocycles. The number of nitro benzene ring substituents is 1. The highest BCUT2D eigenvalue weighted by molar-refractivity contribution is 7.89. The van der Waals surface area contributed by atoms with Crippen LogP contribution in [0.2, 0.25) is 0 Å². The molecule has 1 aliphatic heterocycles. The Hall–Kier alpha value is -2.20. The molecular weight excluding hydrogens is 304 g/mol. The maximum atomic E-state index is 12.2. The number of hydrogen-bond donors (Lipinski definition) is 2. The molecule has 0 radical (unpaired) electrons. The molecule has 0 unspecified atom stereocenters. The van der Waals surface area contributed by atoms with Crippen LogP contribution in [0.3, 0.4) is 0 Å². The van der Waals surface area contributed by atoms with Crippen molar-refractivity contribution in [2.75, 3.05) is 13.1 Å². The van der Waals surface area contributed by atoms with Crippen molar-refractivity contribution >= 4 is 21.7 Å². The number of aliphatic carboxylic acids is 1. The Morgan fingerprint density at radius 3 is 2.57 bits per heavy atom. The molecule has 114 valence electrons. The zero-order chi connectivity index (χ0) is 15.8. The van der Waals surface area contributed by atoms with Crippen LogP contribution in [-0.2, 0) is 14.8 Å². The van der Waals surface area contributed by atoms with Crippen LogP contribution in [0.4, 0.5) is 5.69 Å². The summed E-state index contributed by atoms with van der Waals surface area (Å²) in [6, 6.07) is 2.80. The zero-order valence-electron chi connectivity index (χ0n) is 10.7. The van der Waals surface area contributed by atoms with Crippen LogP contribution in [0.5, 0.6) is 5.75 Å². The summed E-state index contributed by atoms with van der Waals surface area (Å²) >= 11 is 0. The lowest BCUT2D eigenvalue weighted by molar-refractivity contribution is -0.386. The number of sulfonamides is 1. The summed E-state index contributed by atoms with van der Waals surface area (Å²) in [7, 11) is -3.92. The smallest absolute Gasteiger partial charge is 0.312 e. The molecule has 1 aromatic carbocycles. The number of hydrogen-bond acceptors (Lipinski definition) is 6. The lowest BCUT2D eigenvalue weighted by Crippen LogP contribution is -2.50. The van der Waals surface area contributed by atoms with Gasteiger partial charge in [-0.25, -0.2) is 8.42 Å². The van der Waals surface area contributed by atoms with E-state index in [0.29, 0.717) is 0 Å². The highest BCUT2D eigenvalue weighted by Crippen LogP contribution is 2.32. The monoisotopic (exact) mass is 316 g/mol. The first-order valence-corrected chi connectivity index (χ1v) is 7.35. The van der Waals surface area contributed by atoms with Crippen LogP contribution in [-0.4, -0.2) is 46.9 Å². The lowest BCUT2D eigenvalue weighted by Gasteiger charge is -2.37. The minimum atomic E-state index is -3.92. The van der Waals surface area contributed by atoms with Crippen molar-refractivity contribution in [2.24, 2.45) is 5.92 Å². The number of aromatic hydroxyl groups is 1. The van der Waals surface area contributed by atoms with Crippen molar-refractivity contribution in [1.29, 1.82) is 0 Å². The van der Waals surface area contributed by atoms with Crippen LogP contribution >= 0.6 is 0 Å². The van der Waals surface area contributed by atoms with Crippen molar-refractivity contribution in [3.8, 4) is 5.75 Å². The predicted molar refractivity (Wildman–Crippen MR) is 69.3 cm³/mol. The van der Waals surface area contributed by atoms with Gasteiger partial charge in [0, 0.05) is 19.2 Å². The van der Waals surface area contributed by atoms with Gasteiger partial charge in [-0.3, -0.25) is 14.9 Å². The average Bonchev–Trinajstić information content (AvgIpc) is 2.32. The Bertz CT molecular complexity index is 695. The molecule has 0 atom stereocenters. The topological polar surface area (TPSA) is 138 Å². The third-order valence-electron chi connectivity index (χ3n) is 3.17. The molecule has 1 saturated heterocycles. The number of phenols is 1. The summed E-state index contributed by atoms with van der Waals surface area (Å²) in [6.07, 6.45) is -0.123. The van der Waals surface area contributed by atoms with Gasteiger partial charge in [-0.1, -0.05) is 0 Å². The first kappa shape index (κ1) is 15.2. The van der Waals surface area contributed by atoms with E-state index in [1.807, 2.05) is 0 Å². The summed E-state index contributed by atoms with van der Waals surface area (Å²) in [6.45, 7) is 0.118. The van der Waals surface area contributed by atoms with E-state index in [1.165, 1.54) is 0 Å². The van der Waals surface area contributed by atoms with Gasteiger partial charge in [-0.2, -0.15) is 4.31 Å². The fraction of sp³-hybridized carbons (Fsp3) is 0.364. The van der Waals surface area contributed by atoms with Gasteiger partial charge in [0.1, 0.15) is 0 Å². The van der Waals surface area contributed by atoms with Crippen LogP contribution < -0.4 is 0 Å².